The van der Waals surface area contributed by atoms with Crippen LogP contribution in [-0.2, 0) is 6.54 Å². The molecular weight excluding hydrogens is 282 g/mol. The summed E-state index contributed by atoms with van der Waals surface area (Å²) in [6, 6.07) is 13.1. The summed E-state index contributed by atoms with van der Waals surface area (Å²) >= 11 is 5.28. The summed E-state index contributed by atoms with van der Waals surface area (Å²) in [6.45, 7) is 3.10. The van der Waals surface area contributed by atoms with Crippen molar-refractivity contribution >= 4 is 27.3 Å². The minimum Gasteiger partial charge on any atom is -0.305 e. The zero-order valence-corrected chi connectivity index (χ0v) is 11.5. The van der Waals surface area contributed by atoms with Gasteiger partial charge in [0.25, 0.3) is 0 Å². The smallest absolute Gasteiger partial charge is 0.0388 e. The van der Waals surface area contributed by atoms with Gasteiger partial charge in [0.15, 0.2) is 0 Å². The topological polar surface area (TPSA) is 12.0 Å². The highest BCUT2D eigenvalue weighted by atomic mass is 79.9. The number of hydrogen-bond acceptors (Lipinski definition) is 2. The first-order valence-electron chi connectivity index (χ1n) is 5.27. The molecule has 3 heteroatoms. The van der Waals surface area contributed by atoms with E-state index < -0.39 is 0 Å². The van der Waals surface area contributed by atoms with E-state index in [1.807, 2.05) is 6.07 Å². The molecule has 0 radical (unpaired) electrons. The second-order valence-corrected chi connectivity index (χ2v) is 5.64. The van der Waals surface area contributed by atoms with Crippen LogP contribution in [0.15, 0.2) is 46.3 Å². The molecule has 0 aliphatic carbocycles. The van der Waals surface area contributed by atoms with Crippen molar-refractivity contribution in [1.29, 1.82) is 0 Å². The molecule has 1 nitrogen and oxygen atoms in total. The van der Waals surface area contributed by atoms with Crippen LogP contribution in [0, 0.1) is 0 Å². The normalized spacial score (nSPS) is 12.6. The fraction of sp³-hybridized carbons (Fsp3) is 0.231. The molecule has 84 valence electrons. The van der Waals surface area contributed by atoms with Gasteiger partial charge in [0, 0.05) is 21.9 Å². The van der Waals surface area contributed by atoms with Crippen LogP contribution in [0.4, 0.5) is 0 Å². The standard InChI is InChI=1S/C13H14BrNS/c1-10(13-6-3-7-16-13)15-9-11-4-2-5-12(14)8-11/h2-8,10,15H,9H2,1H3. The maximum atomic E-state index is 3.52. The SMILES string of the molecule is CC(NCc1cccc(Br)c1)c1cccs1. The van der Waals surface area contributed by atoms with E-state index in [2.05, 4.69) is 63.9 Å². The molecule has 0 aliphatic rings. The average Bonchev–Trinajstić information content (AvgIpc) is 2.79. The highest BCUT2D eigenvalue weighted by Gasteiger charge is 2.05. The van der Waals surface area contributed by atoms with E-state index in [1.165, 1.54) is 10.4 Å². The molecule has 16 heavy (non-hydrogen) atoms. The summed E-state index contributed by atoms with van der Waals surface area (Å²) in [7, 11) is 0. The number of hydrogen-bond donors (Lipinski definition) is 1. The van der Waals surface area contributed by atoms with Crippen molar-refractivity contribution in [3.05, 3.63) is 56.7 Å². The van der Waals surface area contributed by atoms with Gasteiger partial charge in [-0.3, -0.25) is 0 Å². The molecule has 1 aromatic carbocycles. The van der Waals surface area contributed by atoms with Crippen LogP contribution in [-0.4, -0.2) is 0 Å². The quantitative estimate of drug-likeness (QED) is 0.884. The molecule has 1 unspecified atom stereocenters. The summed E-state index contributed by atoms with van der Waals surface area (Å²) in [5.41, 5.74) is 1.30. The number of thiophene rings is 1. The van der Waals surface area contributed by atoms with E-state index in [0.717, 1.165) is 11.0 Å². The number of benzene rings is 1. The lowest BCUT2D eigenvalue weighted by Crippen LogP contribution is -2.16. The first kappa shape index (κ1) is 11.8. The lowest BCUT2D eigenvalue weighted by Gasteiger charge is -2.12. The molecule has 1 atom stereocenters. The van der Waals surface area contributed by atoms with Crippen molar-refractivity contribution in [1.82, 2.24) is 5.32 Å². The molecule has 0 aliphatic heterocycles. The Morgan fingerprint density at radius 3 is 2.88 bits per heavy atom. The third-order valence-electron chi connectivity index (χ3n) is 2.47. The summed E-state index contributed by atoms with van der Waals surface area (Å²) in [5.74, 6) is 0. The highest BCUT2D eigenvalue weighted by molar-refractivity contribution is 9.10. The Hall–Kier alpha value is -0.640. The molecule has 0 bridgehead atoms. The minimum atomic E-state index is 0.416. The first-order chi connectivity index (χ1) is 7.75. The molecule has 0 spiro atoms. The van der Waals surface area contributed by atoms with Gasteiger partial charge in [0.1, 0.15) is 0 Å². The van der Waals surface area contributed by atoms with Crippen molar-refractivity contribution < 1.29 is 0 Å². The summed E-state index contributed by atoms with van der Waals surface area (Å²) in [6.07, 6.45) is 0. The number of halogens is 1. The molecule has 0 saturated carbocycles. The van der Waals surface area contributed by atoms with Crippen LogP contribution in [0.5, 0.6) is 0 Å². The molecule has 2 aromatic rings. The van der Waals surface area contributed by atoms with Crippen molar-refractivity contribution in [2.24, 2.45) is 0 Å². The van der Waals surface area contributed by atoms with E-state index >= 15 is 0 Å². The lowest BCUT2D eigenvalue weighted by atomic mass is 10.2. The van der Waals surface area contributed by atoms with Crippen LogP contribution in [0.25, 0.3) is 0 Å². The third-order valence-corrected chi connectivity index (χ3v) is 4.02. The molecule has 0 saturated heterocycles. The largest absolute Gasteiger partial charge is 0.305 e. The molecular formula is C13H14BrNS. The lowest BCUT2D eigenvalue weighted by molar-refractivity contribution is 0.583. The predicted octanol–water partition coefficient (Wildman–Crippen LogP) is 4.36. The van der Waals surface area contributed by atoms with E-state index in [0.29, 0.717) is 6.04 Å². The Morgan fingerprint density at radius 2 is 2.19 bits per heavy atom. The van der Waals surface area contributed by atoms with E-state index in [1.54, 1.807) is 11.3 Å². The van der Waals surface area contributed by atoms with Crippen molar-refractivity contribution in [2.75, 3.05) is 0 Å². The first-order valence-corrected chi connectivity index (χ1v) is 6.94. The van der Waals surface area contributed by atoms with Crippen molar-refractivity contribution in [3.8, 4) is 0 Å². The van der Waals surface area contributed by atoms with Gasteiger partial charge < -0.3 is 5.32 Å². The maximum Gasteiger partial charge on any atom is 0.0388 e. The van der Waals surface area contributed by atoms with Crippen LogP contribution in [0.3, 0.4) is 0 Å². The summed E-state index contributed by atoms with van der Waals surface area (Å²) in [4.78, 5) is 1.38. The molecule has 1 heterocycles. The Bertz CT molecular complexity index is 439. The fourth-order valence-electron chi connectivity index (χ4n) is 1.56. The maximum absolute atomic E-state index is 3.52. The molecule has 1 aromatic heterocycles. The summed E-state index contributed by atoms with van der Waals surface area (Å²) in [5, 5.41) is 5.64. The van der Waals surface area contributed by atoms with Gasteiger partial charge >= 0.3 is 0 Å². The van der Waals surface area contributed by atoms with Gasteiger partial charge in [-0.25, -0.2) is 0 Å². The van der Waals surface area contributed by atoms with Gasteiger partial charge in [-0.1, -0.05) is 34.1 Å². The average molecular weight is 296 g/mol. The Balaban J connectivity index is 1.92. The minimum absolute atomic E-state index is 0.416. The molecule has 0 fully saturated rings. The van der Waals surface area contributed by atoms with Crippen molar-refractivity contribution in [2.45, 2.75) is 19.5 Å². The van der Waals surface area contributed by atoms with Crippen molar-refractivity contribution in [3.63, 3.8) is 0 Å². The van der Waals surface area contributed by atoms with Gasteiger partial charge in [-0.2, -0.15) is 0 Å². The fourth-order valence-corrected chi connectivity index (χ4v) is 2.76. The molecule has 0 amide bonds. The molecule has 2 rings (SSSR count). The van der Waals surface area contributed by atoms with Gasteiger partial charge in [0.2, 0.25) is 0 Å². The number of nitrogens with one attached hydrogen (secondary N) is 1. The monoisotopic (exact) mass is 295 g/mol. The Kier molecular flexibility index (Phi) is 4.16. The van der Waals surface area contributed by atoms with Crippen LogP contribution in [0.2, 0.25) is 0 Å². The van der Waals surface area contributed by atoms with Gasteiger partial charge in [-0.15, -0.1) is 11.3 Å². The second-order valence-electron chi connectivity index (χ2n) is 3.75. The Labute approximate surface area is 109 Å². The predicted molar refractivity (Wildman–Crippen MR) is 73.7 cm³/mol. The van der Waals surface area contributed by atoms with E-state index in [-0.39, 0.29) is 0 Å². The molecule has 1 N–H and O–H groups in total. The van der Waals surface area contributed by atoms with Crippen LogP contribution < -0.4 is 5.32 Å². The van der Waals surface area contributed by atoms with E-state index in [4.69, 9.17) is 0 Å². The Morgan fingerprint density at radius 1 is 1.31 bits per heavy atom. The second kappa shape index (κ2) is 5.62. The van der Waals surface area contributed by atoms with Crippen LogP contribution in [0.1, 0.15) is 23.4 Å². The van der Waals surface area contributed by atoms with Gasteiger partial charge in [-0.05, 0) is 36.1 Å². The highest BCUT2D eigenvalue weighted by Crippen LogP contribution is 2.19. The van der Waals surface area contributed by atoms with Gasteiger partial charge in [0.05, 0.1) is 0 Å². The number of rotatable bonds is 4. The third kappa shape index (κ3) is 3.17. The summed E-state index contributed by atoms with van der Waals surface area (Å²) < 4.78 is 1.13. The van der Waals surface area contributed by atoms with Crippen LogP contribution >= 0.6 is 27.3 Å². The zero-order chi connectivity index (χ0) is 11.4. The van der Waals surface area contributed by atoms with E-state index in [9.17, 15) is 0 Å². The zero-order valence-electron chi connectivity index (χ0n) is 9.11.